The third-order valence-electron chi connectivity index (χ3n) is 5.59. The number of nitrogens with zero attached hydrogens (tertiary/aromatic N) is 5. The molecule has 0 aliphatic carbocycles. The Hall–Kier alpha value is -3.38. The maximum atomic E-state index is 12.9. The van der Waals surface area contributed by atoms with E-state index in [0.29, 0.717) is 17.1 Å². The molecule has 0 bridgehead atoms. The molecule has 0 aliphatic heterocycles. The van der Waals surface area contributed by atoms with E-state index in [0.717, 1.165) is 27.2 Å². The zero-order chi connectivity index (χ0) is 23.9. The predicted molar refractivity (Wildman–Crippen MR) is 121 cm³/mol. The summed E-state index contributed by atoms with van der Waals surface area (Å²) in [4.78, 5) is 13.9. The molecule has 0 fully saturated rings. The van der Waals surface area contributed by atoms with Crippen molar-refractivity contribution in [2.75, 3.05) is 0 Å². The van der Waals surface area contributed by atoms with Crippen LogP contribution in [0, 0.1) is 12.3 Å². The number of benzene rings is 1. The fraction of sp³-hybridized carbons (Fsp3) is 0.154. The number of hydrogen-bond donors (Lipinski definition) is 0. The van der Waals surface area contributed by atoms with Crippen LogP contribution >= 0.6 is 0 Å². The number of aromatic nitrogens is 5. The largest absolute Gasteiger partial charge is 2.00 e. The minimum atomic E-state index is -4.54. The molecule has 0 unspecified atom stereocenters. The zero-order valence-corrected chi connectivity index (χ0v) is 20.9. The third kappa shape index (κ3) is 4.89. The van der Waals surface area contributed by atoms with Gasteiger partial charge in [-0.25, -0.2) is 0 Å². The summed E-state index contributed by atoms with van der Waals surface area (Å²) in [6.07, 6.45) is -0.264. The van der Waals surface area contributed by atoms with Gasteiger partial charge < -0.3 is 4.68 Å². The summed E-state index contributed by atoms with van der Waals surface area (Å²) in [5.41, 5.74) is 0.989. The second-order valence-electron chi connectivity index (χ2n) is 8.30. The van der Waals surface area contributed by atoms with Gasteiger partial charge in [-0.3, -0.25) is 20.1 Å². The Morgan fingerprint density at radius 1 is 0.829 bits per heavy atom. The molecule has 5 rings (SSSR count). The van der Waals surface area contributed by atoms with Gasteiger partial charge in [0, 0.05) is 28.2 Å². The number of pyridine rings is 3. The van der Waals surface area contributed by atoms with Crippen LogP contribution in [0.25, 0.3) is 28.0 Å². The normalized spacial score (nSPS) is 11.9. The molecule has 0 N–H and O–H groups in total. The second-order valence-corrected chi connectivity index (χ2v) is 8.30. The second kappa shape index (κ2) is 9.34. The molecule has 5 nitrogen and oxygen atoms in total. The van der Waals surface area contributed by atoms with Crippen LogP contribution in [0.15, 0.2) is 72.9 Å². The van der Waals surface area contributed by atoms with Crippen LogP contribution < -0.4 is 0 Å². The number of fused-ring (bicyclic) bond motifs is 1. The monoisotopic (exact) mass is 652 g/mol. The van der Waals surface area contributed by atoms with E-state index in [1.54, 1.807) is 18.3 Å². The molecule has 4 aromatic heterocycles. The Morgan fingerprint density at radius 2 is 1.54 bits per heavy atom. The molecular weight excluding hydrogens is 634 g/mol. The maximum absolute atomic E-state index is 12.9. The molecule has 1 aromatic carbocycles. The van der Waals surface area contributed by atoms with Gasteiger partial charge in [0.05, 0.1) is 11.5 Å². The summed E-state index contributed by atoms with van der Waals surface area (Å²) in [5, 5.41) is 5.51. The van der Waals surface area contributed by atoms with Crippen molar-refractivity contribution in [3.05, 3.63) is 102 Å². The molecule has 5 aromatic rings. The Balaban J connectivity index is 0.00000289. The molecule has 0 radical (unpaired) electrons. The number of alkyl halides is 3. The van der Waals surface area contributed by atoms with Gasteiger partial charge in [0.25, 0.3) is 0 Å². The first-order valence-corrected chi connectivity index (χ1v) is 10.5. The summed E-state index contributed by atoms with van der Waals surface area (Å²) >= 11 is 0. The first-order chi connectivity index (χ1) is 16.2. The molecular formula is C26H18F3N5Pt. The van der Waals surface area contributed by atoms with Gasteiger partial charge in [-0.15, -0.1) is 29.7 Å². The quantitative estimate of drug-likeness (QED) is 0.230. The van der Waals surface area contributed by atoms with E-state index in [1.807, 2.05) is 62.4 Å². The van der Waals surface area contributed by atoms with Gasteiger partial charge in [-0.2, -0.15) is 13.2 Å². The molecule has 178 valence electrons. The molecule has 9 heteroatoms. The van der Waals surface area contributed by atoms with E-state index >= 15 is 0 Å². The molecule has 0 atom stereocenters. The van der Waals surface area contributed by atoms with Crippen LogP contribution in [0.1, 0.15) is 30.9 Å². The number of halogens is 3. The molecule has 0 aliphatic rings. The fourth-order valence-corrected chi connectivity index (χ4v) is 3.63. The molecule has 0 saturated carbocycles. The van der Waals surface area contributed by atoms with E-state index in [4.69, 9.17) is 4.98 Å². The minimum Gasteiger partial charge on any atom is -0.343 e. The van der Waals surface area contributed by atoms with Crippen LogP contribution in [-0.4, -0.2) is 24.7 Å². The summed E-state index contributed by atoms with van der Waals surface area (Å²) < 4.78 is 39.8. The van der Waals surface area contributed by atoms with Crippen LogP contribution in [0.5, 0.6) is 0 Å². The van der Waals surface area contributed by atoms with Crippen molar-refractivity contribution in [1.82, 2.24) is 24.7 Å². The molecule has 4 heterocycles. The van der Waals surface area contributed by atoms with Gasteiger partial charge in [0.15, 0.2) is 0 Å². The van der Waals surface area contributed by atoms with Crippen molar-refractivity contribution in [2.24, 2.45) is 0 Å². The van der Waals surface area contributed by atoms with Crippen molar-refractivity contribution in [1.29, 1.82) is 0 Å². The van der Waals surface area contributed by atoms with Crippen molar-refractivity contribution >= 4 is 10.8 Å². The SMILES string of the molecule is CC(C)(c1cccc(-c2[c-]c3ccccc3cn2)n1)c1cccc(-n2[c-]cc(C(F)(F)F)n2)n1.[Pt+2]. The first-order valence-electron chi connectivity index (χ1n) is 10.5. The van der Waals surface area contributed by atoms with Crippen molar-refractivity contribution in [2.45, 2.75) is 25.4 Å². The average Bonchev–Trinajstić information content (AvgIpc) is 3.35. The number of rotatable bonds is 4. The van der Waals surface area contributed by atoms with E-state index in [-0.39, 0.29) is 26.9 Å². The Bertz CT molecular complexity index is 1490. The molecule has 0 amide bonds. The van der Waals surface area contributed by atoms with Crippen molar-refractivity contribution in [3.8, 4) is 17.2 Å². The predicted octanol–water partition coefficient (Wildman–Crippen LogP) is 5.82. The Kier molecular flexibility index (Phi) is 6.60. The van der Waals surface area contributed by atoms with Gasteiger partial charge in [-0.05, 0) is 32.2 Å². The van der Waals surface area contributed by atoms with E-state index < -0.39 is 17.3 Å². The summed E-state index contributed by atoms with van der Waals surface area (Å²) in [6, 6.07) is 22.7. The van der Waals surface area contributed by atoms with Gasteiger partial charge in [0.1, 0.15) is 0 Å². The van der Waals surface area contributed by atoms with Crippen LogP contribution in [-0.2, 0) is 32.7 Å². The first kappa shape index (κ1) is 24.7. The van der Waals surface area contributed by atoms with Crippen molar-refractivity contribution in [3.63, 3.8) is 0 Å². The summed E-state index contributed by atoms with van der Waals surface area (Å²) in [5.74, 6) is 0.238. The van der Waals surface area contributed by atoms with Crippen LogP contribution in [0.2, 0.25) is 0 Å². The Labute approximate surface area is 214 Å². The van der Waals surface area contributed by atoms with E-state index in [1.165, 1.54) is 0 Å². The van der Waals surface area contributed by atoms with Gasteiger partial charge >= 0.3 is 27.2 Å². The smallest absolute Gasteiger partial charge is 0.343 e. The zero-order valence-electron chi connectivity index (χ0n) is 18.6. The standard InChI is InChI=1S/C26H18F3N5.Pt/c1-25(2,22-11-6-12-24(32-22)34-14-13-23(33-34)26(27,28)29)21-10-5-9-19(31-21)20-15-17-7-3-4-8-18(17)16-30-20;/h3-13,16H,1-2H3;/q-2;+2. The topological polar surface area (TPSA) is 56.5 Å². The van der Waals surface area contributed by atoms with E-state index in [2.05, 4.69) is 27.3 Å². The Morgan fingerprint density at radius 3 is 2.29 bits per heavy atom. The molecule has 0 saturated heterocycles. The molecule has 35 heavy (non-hydrogen) atoms. The summed E-state index contributed by atoms with van der Waals surface area (Å²) in [7, 11) is 0. The number of hydrogen-bond acceptors (Lipinski definition) is 4. The fourth-order valence-electron chi connectivity index (χ4n) is 3.63. The maximum Gasteiger partial charge on any atom is 2.00 e. The average molecular weight is 653 g/mol. The summed E-state index contributed by atoms with van der Waals surface area (Å²) in [6.45, 7) is 3.91. The third-order valence-corrected chi connectivity index (χ3v) is 5.59. The minimum absolute atomic E-state index is 0. The van der Waals surface area contributed by atoms with Crippen LogP contribution in [0.4, 0.5) is 13.2 Å². The van der Waals surface area contributed by atoms with E-state index in [9.17, 15) is 13.2 Å². The van der Waals surface area contributed by atoms with Crippen LogP contribution in [0.3, 0.4) is 0 Å². The molecule has 0 spiro atoms. The van der Waals surface area contributed by atoms with Gasteiger partial charge in [0.2, 0.25) is 0 Å². The van der Waals surface area contributed by atoms with Gasteiger partial charge in [-0.1, -0.05) is 48.0 Å². The van der Waals surface area contributed by atoms with Crippen molar-refractivity contribution < 1.29 is 34.2 Å².